The minimum absolute atomic E-state index is 0.113. The van der Waals surface area contributed by atoms with Crippen LogP contribution in [0.3, 0.4) is 0 Å². The molecule has 3 aromatic heterocycles. The summed E-state index contributed by atoms with van der Waals surface area (Å²) in [5, 5.41) is 5.45. The van der Waals surface area contributed by atoms with Gasteiger partial charge in [-0.25, -0.2) is 27.9 Å². The highest BCUT2D eigenvalue weighted by molar-refractivity contribution is 5.96. The van der Waals surface area contributed by atoms with Crippen molar-refractivity contribution in [1.82, 2.24) is 25.3 Å². The van der Waals surface area contributed by atoms with Gasteiger partial charge in [0.25, 0.3) is 5.92 Å². The van der Waals surface area contributed by atoms with Crippen LogP contribution in [0.1, 0.15) is 51.8 Å². The highest BCUT2D eigenvalue weighted by atomic mass is 19.4. The number of esters is 1. The second kappa shape index (κ2) is 15.3. The first-order valence-electron chi connectivity index (χ1n) is 15.3. The van der Waals surface area contributed by atoms with Gasteiger partial charge in [0, 0.05) is 25.1 Å². The molecule has 1 aliphatic rings. The van der Waals surface area contributed by atoms with Crippen LogP contribution in [0.15, 0.2) is 6.07 Å². The van der Waals surface area contributed by atoms with E-state index in [-0.39, 0.29) is 29.4 Å². The van der Waals surface area contributed by atoms with Crippen molar-refractivity contribution in [3.05, 3.63) is 23.1 Å². The molecule has 20 heteroatoms. The Labute approximate surface area is 280 Å². The number of carbonyl (C=O) groups is 1. The number of hydrogen-bond donors (Lipinski definition) is 3. The fourth-order valence-corrected chi connectivity index (χ4v) is 4.62. The van der Waals surface area contributed by atoms with Crippen LogP contribution in [-0.4, -0.2) is 77.5 Å². The van der Waals surface area contributed by atoms with Crippen molar-refractivity contribution in [2.24, 2.45) is 5.41 Å². The van der Waals surface area contributed by atoms with Crippen LogP contribution >= 0.6 is 0 Å². The summed E-state index contributed by atoms with van der Waals surface area (Å²) in [5.41, 5.74) is -0.976. The summed E-state index contributed by atoms with van der Waals surface area (Å²) in [4.78, 5) is 27.0. The number of nitrogens with one attached hydrogen (secondary N) is 2. The molecule has 1 saturated carbocycles. The SMILES string of the molecule is CC.CCC(C)Oc1nc(-c2cc(N)nc(C)c2C(F)(F)F)c(F)c2nc(OCC3(COC(=O)C(F)(F)F)CC3(F)F)nc(NCCNC)c12. The van der Waals surface area contributed by atoms with Gasteiger partial charge in [-0.15, -0.1) is 0 Å². The Kier molecular flexibility index (Phi) is 12.2. The van der Waals surface area contributed by atoms with Crippen molar-refractivity contribution >= 4 is 28.5 Å². The number of aromatic nitrogens is 4. The monoisotopic (exact) mass is 729 g/mol. The molecule has 4 N–H and O–H groups in total. The van der Waals surface area contributed by atoms with Crippen molar-refractivity contribution in [1.29, 1.82) is 0 Å². The van der Waals surface area contributed by atoms with Crippen LogP contribution in [0.4, 0.5) is 51.1 Å². The number of ether oxygens (including phenoxy) is 3. The lowest BCUT2D eigenvalue weighted by Crippen LogP contribution is -2.32. The van der Waals surface area contributed by atoms with E-state index >= 15 is 4.39 Å². The summed E-state index contributed by atoms with van der Waals surface area (Å²) < 4.78 is 141. The quantitative estimate of drug-likeness (QED) is 0.101. The zero-order valence-electron chi connectivity index (χ0n) is 27.8. The third kappa shape index (κ3) is 8.67. The Morgan fingerprint density at radius 2 is 1.70 bits per heavy atom. The largest absolute Gasteiger partial charge is 0.490 e. The second-order valence-corrected chi connectivity index (χ2v) is 11.1. The third-order valence-electron chi connectivity index (χ3n) is 7.45. The standard InChI is InChI=1S/C28H30F9N7O4.C2H6/c1-5-12(2)48-22-16-20(18(29)19(42-22)14-8-15(38)41-13(3)17(14)27(32,33)34)43-24(44-21(16)40-7-6-39-4)47-11-25(9-26(25,30)31)10-46-23(45)28(35,36)37;1-2/h8,12,39H,5-7,9-11H2,1-4H3,(H2,38,41)(H,40,43,44);1-2H3. The molecule has 278 valence electrons. The van der Waals surface area contributed by atoms with Crippen molar-refractivity contribution in [2.45, 2.75) is 71.8 Å². The number of carbonyl (C=O) groups excluding carboxylic acids is 1. The summed E-state index contributed by atoms with van der Waals surface area (Å²) in [6.45, 7) is 6.32. The Balaban J connectivity index is 0.00000332. The summed E-state index contributed by atoms with van der Waals surface area (Å²) in [7, 11) is 1.61. The van der Waals surface area contributed by atoms with Crippen LogP contribution in [0.25, 0.3) is 22.2 Å². The van der Waals surface area contributed by atoms with Gasteiger partial charge in [0.05, 0.1) is 17.4 Å². The predicted molar refractivity (Wildman–Crippen MR) is 163 cm³/mol. The minimum Gasteiger partial charge on any atom is -0.474 e. The number of nitrogen functional groups attached to an aromatic ring is 1. The average molecular weight is 730 g/mol. The number of nitrogens with two attached hydrogens (primary N) is 1. The zero-order valence-corrected chi connectivity index (χ0v) is 27.8. The molecule has 0 spiro atoms. The van der Waals surface area contributed by atoms with Gasteiger partial charge in [-0.3, -0.25) is 0 Å². The van der Waals surface area contributed by atoms with Crippen molar-refractivity contribution < 1.29 is 58.5 Å². The maximum atomic E-state index is 16.4. The highest BCUT2D eigenvalue weighted by Gasteiger charge is 2.73. The van der Waals surface area contributed by atoms with E-state index in [9.17, 15) is 39.9 Å². The molecule has 1 fully saturated rings. The van der Waals surface area contributed by atoms with Crippen LogP contribution < -0.4 is 25.8 Å². The Morgan fingerprint density at radius 3 is 2.24 bits per heavy atom. The normalized spacial score (nSPS) is 17.4. The van der Waals surface area contributed by atoms with Crippen LogP contribution in [-0.2, 0) is 15.7 Å². The average Bonchev–Trinajstić information content (AvgIpc) is 3.59. The van der Waals surface area contributed by atoms with Crippen LogP contribution in [0.5, 0.6) is 11.9 Å². The maximum Gasteiger partial charge on any atom is 0.490 e. The van der Waals surface area contributed by atoms with Crippen LogP contribution in [0.2, 0.25) is 0 Å². The number of anilines is 2. The molecular formula is C30H36F9N7O4. The van der Waals surface area contributed by atoms with E-state index in [1.165, 1.54) is 0 Å². The third-order valence-corrected chi connectivity index (χ3v) is 7.45. The maximum absolute atomic E-state index is 16.4. The molecule has 0 aromatic carbocycles. The number of nitrogens with zero attached hydrogens (tertiary/aromatic N) is 4. The molecule has 50 heavy (non-hydrogen) atoms. The van der Waals surface area contributed by atoms with E-state index in [2.05, 4.69) is 35.3 Å². The fraction of sp³-hybridized carbons (Fsp3) is 0.567. The summed E-state index contributed by atoms with van der Waals surface area (Å²) in [6.07, 6.45) is -11.7. The first-order chi connectivity index (χ1) is 23.2. The lowest BCUT2D eigenvalue weighted by Gasteiger charge is -2.21. The number of halogens is 9. The number of alkyl halides is 8. The highest BCUT2D eigenvalue weighted by Crippen LogP contribution is 2.60. The first kappa shape index (κ1) is 40.1. The van der Waals surface area contributed by atoms with E-state index in [0.717, 1.165) is 13.0 Å². The molecule has 3 heterocycles. The molecule has 11 nitrogen and oxygen atoms in total. The van der Waals surface area contributed by atoms with Gasteiger partial charge in [0.2, 0.25) is 5.88 Å². The summed E-state index contributed by atoms with van der Waals surface area (Å²) in [5.74, 6) is -8.72. The van der Waals surface area contributed by atoms with Gasteiger partial charge in [-0.1, -0.05) is 20.8 Å². The van der Waals surface area contributed by atoms with E-state index in [0.29, 0.717) is 13.0 Å². The molecule has 2 atom stereocenters. The summed E-state index contributed by atoms with van der Waals surface area (Å²) >= 11 is 0. The van der Waals surface area contributed by atoms with Crippen molar-refractivity contribution in [3.63, 3.8) is 0 Å². The number of fused-ring (bicyclic) bond motifs is 1. The number of rotatable bonds is 13. The number of hydrogen-bond acceptors (Lipinski definition) is 11. The number of aryl methyl sites for hydroxylation is 1. The fourth-order valence-electron chi connectivity index (χ4n) is 4.62. The van der Waals surface area contributed by atoms with E-state index < -0.39 is 95.3 Å². The molecule has 4 rings (SSSR count). The number of likely N-dealkylation sites (N-methyl/N-ethyl adjacent to an activating group) is 1. The lowest BCUT2D eigenvalue weighted by molar-refractivity contribution is -0.202. The molecule has 0 aliphatic heterocycles. The molecular weight excluding hydrogens is 693 g/mol. The molecule has 1 aliphatic carbocycles. The van der Waals surface area contributed by atoms with Crippen molar-refractivity contribution in [3.8, 4) is 23.1 Å². The minimum atomic E-state index is -5.44. The van der Waals surface area contributed by atoms with E-state index in [1.807, 2.05) is 13.8 Å². The van der Waals surface area contributed by atoms with Gasteiger partial charge in [-0.2, -0.15) is 36.3 Å². The molecule has 0 bridgehead atoms. The molecule has 2 unspecified atom stereocenters. The Morgan fingerprint density at radius 1 is 1.06 bits per heavy atom. The summed E-state index contributed by atoms with van der Waals surface area (Å²) in [6, 6.07) is -0.0166. The van der Waals surface area contributed by atoms with Gasteiger partial charge in [0.15, 0.2) is 5.82 Å². The van der Waals surface area contributed by atoms with Gasteiger partial charge in [-0.05, 0) is 33.4 Å². The molecule has 0 radical (unpaired) electrons. The second-order valence-electron chi connectivity index (χ2n) is 11.1. The predicted octanol–water partition coefficient (Wildman–Crippen LogP) is 6.48. The lowest BCUT2D eigenvalue weighted by atomic mass is 10.0. The first-order valence-corrected chi connectivity index (χ1v) is 15.3. The smallest absolute Gasteiger partial charge is 0.474 e. The topological polar surface area (TPSA) is 146 Å². The zero-order chi connectivity index (χ0) is 37.8. The van der Waals surface area contributed by atoms with E-state index in [1.54, 1.807) is 20.9 Å². The molecule has 0 amide bonds. The van der Waals surface area contributed by atoms with Crippen molar-refractivity contribution in [2.75, 3.05) is 44.4 Å². The number of pyridine rings is 2. The van der Waals surface area contributed by atoms with Gasteiger partial charge >= 0.3 is 24.3 Å². The molecule has 3 aromatic rings. The Bertz CT molecular complexity index is 1690. The van der Waals surface area contributed by atoms with Gasteiger partial charge in [0.1, 0.15) is 46.9 Å². The van der Waals surface area contributed by atoms with E-state index in [4.69, 9.17) is 15.2 Å². The van der Waals surface area contributed by atoms with Gasteiger partial charge < -0.3 is 30.6 Å². The molecule has 0 saturated heterocycles. The Hall–Kier alpha value is -4.36. The van der Waals surface area contributed by atoms with Crippen LogP contribution in [0, 0.1) is 18.2 Å².